The van der Waals surface area contributed by atoms with E-state index in [2.05, 4.69) is 18.7 Å². The Morgan fingerprint density at radius 1 is 1.33 bits per heavy atom. The zero-order valence-electron chi connectivity index (χ0n) is 7.82. The van der Waals surface area contributed by atoms with Gasteiger partial charge >= 0.3 is 5.09 Å². The molecule has 0 atom stereocenters. The summed E-state index contributed by atoms with van der Waals surface area (Å²) in [5, 5.41) is 7.73. The standard InChI is InChI=1S/C8H18NO3/c1-3-5-8(6-4-2)7-12-9(10)11/h8H,3-7H2,1-2H3,(H,10,11)/q+1. The molecule has 0 amide bonds. The molecule has 0 aliphatic carbocycles. The molecule has 1 N–H and O–H groups in total. The lowest BCUT2D eigenvalue weighted by Gasteiger charge is -2.09. The molecule has 72 valence electrons. The lowest BCUT2D eigenvalue weighted by molar-refractivity contribution is -0.976. The molecule has 0 saturated carbocycles. The second-order valence-electron chi connectivity index (χ2n) is 2.98. The highest BCUT2D eigenvalue weighted by molar-refractivity contribution is 4.55. The van der Waals surface area contributed by atoms with E-state index in [0.717, 1.165) is 25.7 Å². The topological polar surface area (TPSA) is 49.5 Å². The zero-order chi connectivity index (χ0) is 9.40. The van der Waals surface area contributed by atoms with Crippen LogP contribution in [0.5, 0.6) is 0 Å². The average Bonchev–Trinajstić information content (AvgIpc) is 2.01. The molecule has 0 aliphatic rings. The van der Waals surface area contributed by atoms with E-state index >= 15 is 0 Å². The van der Waals surface area contributed by atoms with Gasteiger partial charge in [0.1, 0.15) is 4.91 Å². The summed E-state index contributed by atoms with van der Waals surface area (Å²) in [7, 11) is 0. The van der Waals surface area contributed by atoms with Crippen LogP contribution in [0, 0.1) is 10.8 Å². The SMILES string of the molecule is CCCC(CCC)CO[N+](=O)O. The highest BCUT2D eigenvalue weighted by Crippen LogP contribution is 2.13. The Labute approximate surface area is 73.0 Å². The van der Waals surface area contributed by atoms with E-state index in [0.29, 0.717) is 12.5 Å². The molecule has 0 spiro atoms. The number of rotatable bonds is 7. The molecule has 0 unspecified atom stereocenters. The first kappa shape index (κ1) is 11.2. The molecule has 0 fully saturated rings. The normalized spacial score (nSPS) is 10.2. The third kappa shape index (κ3) is 5.95. The largest absolute Gasteiger partial charge is 0.475 e. The molecule has 4 nitrogen and oxygen atoms in total. The fourth-order valence-corrected chi connectivity index (χ4v) is 1.30. The van der Waals surface area contributed by atoms with Crippen LogP contribution in [0.1, 0.15) is 39.5 Å². The molecule has 12 heavy (non-hydrogen) atoms. The van der Waals surface area contributed by atoms with Crippen molar-refractivity contribution in [2.45, 2.75) is 39.5 Å². The second-order valence-corrected chi connectivity index (χ2v) is 2.98. The summed E-state index contributed by atoms with van der Waals surface area (Å²) in [6.45, 7) is 4.51. The summed E-state index contributed by atoms with van der Waals surface area (Å²) in [6, 6.07) is 0. The maximum Gasteiger partial charge on any atom is 0.475 e. The summed E-state index contributed by atoms with van der Waals surface area (Å²) in [4.78, 5) is 14.4. The molecule has 0 saturated heterocycles. The van der Waals surface area contributed by atoms with E-state index in [1.54, 1.807) is 0 Å². The number of hydrogen-bond donors (Lipinski definition) is 1. The van der Waals surface area contributed by atoms with Crippen molar-refractivity contribution in [2.75, 3.05) is 6.61 Å². The van der Waals surface area contributed by atoms with Gasteiger partial charge in [-0.3, -0.25) is 0 Å². The zero-order valence-corrected chi connectivity index (χ0v) is 7.82. The Morgan fingerprint density at radius 2 is 1.83 bits per heavy atom. The first-order valence-corrected chi connectivity index (χ1v) is 4.49. The van der Waals surface area contributed by atoms with Crippen LogP contribution in [-0.2, 0) is 4.84 Å². The van der Waals surface area contributed by atoms with Gasteiger partial charge in [-0.25, -0.2) is 5.21 Å². The first-order chi connectivity index (χ1) is 5.70. The van der Waals surface area contributed by atoms with Crippen molar-refractivity contribution in [1.82, 2.24) is 0 Å². The second kappa shape index (κ2) is 6.88. The van der Waals surface area contributed by atoms with Gasteiger partial charge in [-0.1, -0.05) is 26.7 Å². The molecule has 4 heteroatoms. The van der Waals surface area contributed by atoms with Gasteiger partial charge in [-0.05, 0) is 12.8 Å². The van der Waals surface area contributed by atoms with Crippen molar-refractivity contribution in [2.24, 2.45) is 5.92 Å². The van der Waals surface area contributed by atoms with Gasteiger partial charge in [0.2, 0.25) is 0 Å². The van der Waals surface area contributed by atoms with Gasteiger partial charge in [-0.2, -0.15) is 4.84 Å². The third-order valence-corrected chi connectivity index (χ3v) is 1.81. The Bertz CT molecular complexity index is 121. The van der Waals surface area contributed by atoms with E-state index in [4.69, 9.17) is 5.21 Å². The van der Waals surface area contributed by atoms with Gasteiger partial charge in [0.15, 0.2) is 6.61 Å². The fraction of sp³-hybridized carbons (Fsp3) is 1.00. The molecular weight excluding hydrogens is 158 g/mol. The maximum absolute atomic E-state index is 10.0. The first-order valence-electron chi connectivity index (χ1n) is 4.49. The van der Waals surface area contributed by atoms with E-state index in [-0.39, 0.29) is 0 Å². The highest BCUT2D eigenvalue weighted by Gasteiger charge is 2.13. The van der Waals surface area contributed by atoms with Crippen LogP contribution >= 0.6 is 0 Å². The van der Waals surface area contributed by atoms with Crippen LogP contribution in [-0.4, -0.2) is 16.9 Å². The van der Waals surface area contributed by atoms with E-state index in [9.17, 15) is 4.91 Å². The Morgan fingerprint density at radius 3 is 2.17 bits per heavy atom. The predicted molar refractivity (Wildman–Crippen MR) is 44.7 cm³/mol. The third-order valence-electron chi connectivity index (χ3n) is 1.81. The minimum atomic E-state index is -0.460. The monoisotopic (exact) mass is 176 g/mol. The van der Waals surface area contributed by atoms with Gasteiger partial charge in [0.05, 0.1) is 0 Å². The van der Waals surface area contributed by atoms with Gasteiger partial charge in [-0.15, -0.1) is 0 Å². The minimum absolute atomic E-state index is 0.321. The molecule has 0 aromatic rings. The lowest BCUT2D eigenvalue weighted by Crippen LogP contribution is -2.13. The quantitative estimate of drug-likeness (QED) is 0.605. The Kier molecular flexibility index (Phi) is 6.42. The lowest BCUT2D eigenvalue weighted by atomic mass is 10.00. The van der Waals surface area contributed by atoms with Crippen LogP contribution in [0.3, 0.4) is 0 Å². The number of hydrogen-bond acceptors (Lipinski definition) is 2. The smallest absolute Gasteiger partial charge is 0.200 e. The molecule has 0 aliphatic heterocycles. The Hall–Kier alpha value is -0.800. The fourth-order valence-electron chi connectivity index (χ4n) is 1.30. The molecule has 0 aromatic heterocycles. The van der Waals surface area contributed by atoms with E-state index in [1.165, 1.54) is 0 Å². The van der Waals surface area contributed by atoms with Crippen molar-refractivity contribution in [3.05, 3.63) is 4.91 Å². The van der Waals surface area contributed by atoms with Crippen molar-refractivity contribution in [3.8, 4) is 0 Å². The van der Waals surface area contributed by atoms with E-state index < -0.39 is 5.09 Å². The van der Waals surface area contributed by atoms with Crippen molar-refractivity contribution >= 4 is 0 Å². The van der Waals surface area contributed by atoms with Crippen LogP contribution in [0.2, 0.25) is 0 Å². The molecule has 0 heterocycles. The van der Waals surface area contributed by atoms with Gasteiger partial charge in [0.25, 0.3) is 0 Å². The Balaban J connectivity index is 3.54. The van der Waals surface area contributed by atoms with E-state index in [1.807, 2.05) is 0 Å². The average molecular weight is 176 g/mol. The summed E-state index contributed by atoms with van der Waals surface area (Å²) in [5.74, 6) is 0.392. The van der Waals surface area contributed by atoms with Gasteiger partial charge in [0, 0.05) is 5.92 Å². The minimum Gasteiger partial charge on any atom is -0.200 e. The van der Waals surface area contributed by atoms with Crippen LogP contribution in [0.15, 0.2) is 0 Å². The number of nitrogens with zero attached hydrogens (tertiary/aromatic N) is 1. The maximum atomic E-state index is 10.0. The van der Waals surface area contributed by atoms with Crippen molar-refractivity contribution in [1.29, 1.82) is 0 Å². The molecular formula is C8H18NO3+. The van der Waals surface area contributed by atoms with Crippen molar-refractivity contribution < 1.29 is 15.1 Å². The predicted octanol–water partition coefficient (Wildman–Crippen LogP) is 2.30. The van der Waals surface area contributed by atoms with Crippen LogP contribution < -0.4 is 0 Å². The summed E-state index contributed by atoms with van der Waals surface area (Å²) in [5.41, 5.74) is 0. The van der Waals surface area contributed by atoms with Crippen LogP contribution in [0.4, 0.5) is 0 Å². The molecule has 0 bridgehead atoms. The summed E-state index contributed by atoms with van der Waals surface area (Å²) in [6.07, 6.45) is 4.25. The molecule has 0 aromatic carbocycles. The van der Waals surface area contributed by atoms with Crippen LogP contribution in [0.25, 0.3) is 0 Å². The summed E-state index contributed by atoms with van der Waals surface area (Å²) < 4.78 is 0. The molecule has 0 radical (unpaired) electrons. The highest BCUT2D eigenvalue weighted by atomic mass is 16.9. The molecule has 0 rings (SSSR count). The summed E-state index contributed by atoms with van der Waals surface area (Å²) >= 11 is 0. The van der Waals surface area contributed by atoms with Gasteiger partial charge < -0.3 is 0 Å². The van der Waals surface area contributed by atoms with Crippen molar-refractivity contribution in [3.63, 3.8) is 0 Å².